The molecule has 0 saturated heterocycles. The minimum absolute atomic E-state index is 0.884. The second kappa shape index (κ2) is 4.39. The first-order chi connectivity index (χ1) is 9.84. The number of allylic oxidation sites excluding steroid dienone is 4. The van der Waals surface area contributed by atoms with E-state index in [1.165, 1.54) is 16.8 Å². The summed E-state index contributed by atoms with van der Waals surface area (Å²) in [6, 6.07) is 2.05. The average Bonchev–Trinajstić information content (AvgIpc) is 2.76. The standard InChI is InChI=1S/C17H12N2S/c20-17-13-10-18-8-7-11(13)9-15-16(17)12-5-3-1-2-4-6-14(12)19-15/h1-8,10,19H,9H2. The Labute approximate surface area is 122 Å². The van der Waals surface area contributed by atoms with Crippen LogP contribution in [0.2, 0.25) is 0 Å². The quantitative estimate of drug-likeness (QED) is 0.635. The number of aromatic nitrogens is 2. The van der Waals surface area contributed by atoms with Gasteiger partial charge in [-0.25, -0.2) is 0 Å². The second-order valence-electron chi connectivity index (χ2n) is 4.95. The normalized spacial score (nSPS) is 15.3. The molecule has 0 radical (unpaired) electrons. The van der Waals surface area contributed by atoms with Crippen molar-refractivity contribution >= 4 is 29.2 Å². The molecule has 2 aromatic rings. The molecule has 2 nitrogen and oxygen atoms in total. The van der Waals surface area contributed by atoms with Gasteiger partial charge in [0.25, 0.3) is 0 Å². The van der Waals surface area contributed by atoms with Crippen LogP contribution in [0.4, 0.5) is 0 Å². The van der Waals surface area contributed by atoms with Crippen molar-refractivity contribution in [1.82, 2.24) is 9.97 Å². The zero-order valence-electron chi connectivity index (χ0n) is 10.8. The highest BCUT2D eigenvalue weighted by Gasteiger charge is 2.25. The summed E-state index contributed by atoms with van der Waals surface area (Å²) in [4.78, 5) is 8.62. The second-order valence-corrected chi connectivity index (χ2v) is 5.36. The Bertz CT molecular complexity index is 806. The van der Waals surface area contributed by atoms with Gasteiger partial charge in [0.15, 0.2) is 0 Å². The van der Waals surface area contributed by atoms with E-state index in [-0.39, 0.29) is 0 Å². The molecule has 0 aromatic carbocycles. The molecule has 0 unspecified atom stereocenters. The molecule has 0 saturated carbocycles. The highest BCUT2D eigenvalue weighted by Crippen LogP contribution is 2.33. The number of fused-ring (bicyclic) bond motifs is 4. The molecular weight excluding hydrogens is 264 g/mol. The number of rotatable bonds is 0. The van der Waals surface area contributed by atoms with Crippen molar-refractivity contribution in [3.05, 3.63) is 76.4 Å². The summed E-state index contributed by atoms with van der Waals surface area (Å²) in [5.41, 5.74) is 7.00. The average molecular weight is 276 g/mol. The molecule has 3 heteroatoms. The maximum atomic E-state index is 5.70. The third-order valence-electron chi connectivity index (χ3n) is 3.76. The molecule has 2 aromatic heterocycles. The smallest absolute Gasteiger partial charge is 0.0564 e. The molecule has 20 heavy (non-hydrogen) atoms. The molecule has 2 heterocycles. The van der Waals surface area contributed by atoms with Gasteiger partial charge in [-0.1, -0.05) is 42.6 Å². The molecule has 4 rings (SSSR count). The number of nitrogens with one attached hydrogen (secondary N) is 1. The Hall–Kier alpha value is -2.26. The Morgan fingerprint density at radius 3 is 2.85 bits per heavy atom. The summed E-state index contributed by atoms with van der Waals surface area (Å²) in [6.07, 6.45) is 17.0. The first-order valence-corrected chi connectivity index (χ1v) is 6.99. The Balaban J connectivity index is 1.96. The zero-order valence-corrected chi connectivity index (χ0v) is 11.6. The minimum atomic E-state index is 0.884. The van der Waals surface area contributed by atoms with Crippen LogP contribution >= 0.6 is 12.2 Å². The van der Waals surface area contributed by atoms with Crippen LogP contribution in [0.25, 0.3) is 12.2 Å². The van der Waals surface area contributed by atoms with Crippen molar-refractivity contribution < 1.29 is 0 Å². The lowest BCUT2D eigenvalue weighted by molar-refractivity contribution is 1.07. The van der Waals surface area contributed by atoms with Gasteiger partial charge in [0.05, 0.1) is 4.86 Å². The summed E-state index contributed by atoms with van der Waals surface area (Å²) >= 11 is 5.70. The number of hydrogen-bond acceptors (Lipinski definition) is 2. The van der Waals surface area contributed by atoms with Crippen molar-refractivity contribution in [3.8, 4) is 0 Å². The van der Waals surface area contributed by atoms with Crippen LogP contribution < -0.4 is 0 Å². The van der Waals surface area contributed by atoms with Gasteiger partial charge >= 0.3 is 0 Å². The van der Waals surface area contributed by atoms with E-state index in [9.17, 15) is 0 Å². The van der Waals surface area contributed by atoms with Gasteiger partial charge in [0.2, 0.25) is 0 Å². The number of aromatic amines is 1. The minimum Gasteiger partial charge on any atom is -0.358 e. The van der Waals surface area contributed by atoms with Crippen molar-refractivity contribution in [2.24, 2.45) is 0 Å². The zero-order chi connectivity index (χ0) is 13.5. The third kappa shape index (κ3) is 1.63. The molecule has 0 bridgehead atoms. The largest absolute Gasteiger partial charge is 0.358 e. The van der Waals surface area contributed by atoms with Crippen LogP contribution in [0.1, 0.15) is 33.6 Å². The lowest BCUT2D eigenvalue weighted by Gasteiger charge is -2.17. The Kier molecular flexibility index (Phi) is 2.54. The van der Waals surface area contributed by atoms with Gasteiger partial charge in [-0.15, -0.1) is 0 Å². The van der Waals surface area contributed by atoms with Gasteiger partial charge in [-0.05, 0) is 17.7 Å². The predicted octanol–water partition coefficient (Wildman–Crippen LogP) is 3.68. The maximum Gasteiger partial charge on any atom is 0.0564 e. The Morgan fingerprint density at radius 2 is 1.95 bits per heavy atom. The number of pyridine rings is 1. The van der Waals surface area contributed by atoms with Crippen LogP contribution in [0.5, 0.6) is 0 Å². The van der Waals surface area contributed by atoms with Crippen molar-refractivity contribution in [2.45, 2.75) is 6.42 Å². The lowest BCUT2D eigenvalue weighted by atomic mass is 9.89. The first-order valence-electron chi connectivity index (χ1n) is 6.58. The van der Waals surface area contributed by atoms with Crippen LogP contribution in [0, 0.1) is 0 Å². The van der Waals surface area contributed by atoms with E-state index in [2.05, 4.69) is 34.3 Å². The summed E-state index contributed by atoms with van der Waals surface area (Å²) in [5.74, 6) is 0. The van der Waals surface area contributed by atoms with E-state index in [1.54, 1.807) is 0 Å². The summed E-state index contributed by atoms with van der Waals surface area (Å²) < 4.78 is 0. The van der Waals surface area contributed by atoms with Gasteiger partial charge < -0.3 is 4.98 Å². The lowest BCUT2D eigenvalue weighted by Crippen LogP contribution is -2.14. The molecular formula is C17H12N2S. The molecule has 0 atom stereocenters. The van der Waals surface area contributed by atoms with E-state index >= 15 is 0 Å². The fraction of sp³-hybridized carbons (Fsp3) is 0.0588. The SMILES string of the molecule is S=C1c2cnccc2Cc2[nH]c3c(c21)C=CC=CC=C3. The van der Waals surface area contributed by atoms with Gasteiger partial charge in [-0.3, -0.25) is 4.98 Å². The molecule has 0 aliphatic heterocycles. The summed E-state index contributed by atoms with van der Waals surface area (Å²) in [5, 5.41) is 0. The number of nitrogens with zero attached hydrogens (tertiary/aromatic N) is 1. The summed E-state index contributed by atoms with van der Waals surface area (Å²) in [7, 11) is 0. The van der Waals surface area contributed by atoms with E-state index in [0.717, 1.165) is 28.1 Å². The monoisotopic (exact) mass is 276 g/mol. The van der Waals surface area contributed by atoms with Crippen molar-refractivity contribution in [1.29, 1.82) is 0 Å². The topological polar surface area (TPSA) is 28.7 Å². The van der Waals surface area contributed by atoms with Gasteiger partial charge in [0.1, 0.15) is 0 Å². The molecule has 2 aliphatic carbocycles. The molecule has 1 N–H and O–H groups in total. The molecule has 2 aliphatic rings. The van der Waals surface area contributed by atoms with Crippen molar-refractivity contribution in [2.75, 3.05) is 0 Å². The van der Waals surface area contributed by atoms with Crippen LogP contribution in [-0.4, -0.2) is 14.8 Å². The van der Waals surface area contributed by atoms with E-state index in [4.69, 9.17) is 12.2 Å². The first kappa shape index (κ1) is 11.6. The highest BCUT2D eigenvalue weighted by molar-refractivity contribution is 7.81. The van der Waals surface area contributed by atoms with Crippen LogP contribution in [0.15, 0.2) is 42.8 Å². The molecule has 96 valence electrons. The summed E-state index contributed by atoms with van der Waals surface area (Å²) in [6.45, 7) is 0. The fourth-order valence-electron chi connectivity index (χ4n) is 2.82. The van der Waals surface area contributed by atoms with Crippen LogP contribution in [0.3, 0.4) is 0 Å². The highest BCUT2D eigenvalue weighted by atomic mass is 32.1. The van der Waals surface area contributed by atoms with E-state index in [1.807, 2.05) is 30.6 Å². The number of hydrogen-bond donors (Lipinski definition) is 1. The molecule has 0 spiro atoms. The fourth-order valence-corrected chi connectivity index (χ4v) is 3.24. The van der Waals surface area contributed by atoms with Gasteiger partial charge in [0, 0.05) is 46.9 Å². The number of thiocarbonyl (C=S) groups is 1. The molecule has 0 fully saturated rings. The van der Waals surface area contributed by atoms with Crippen molar-refractivity contribution in [3.63, 3.8) is 0 Å². The van der Waals surface area contributed by atoms with Crippen LogP contribution in [-0.2, 0) is 6.42 Å². The molecule has 0 amide bonds. The third-order valence-corrected chi connectivity index (χ3v) is 4.18. The Morgan fingerprint density at radius 1 is 1.10 bits per heavy atom. The van der Waals surface area contributed by atoms with E-state index < -0.39 is 0 Å². The van der Waals surface area contributed by atoms with E-state index in [0.29, 0.717) is 0 Å². The van der Waals surface area contributed by atoms with Gasteiger partial charge in [-0.2, -0.15) is 0 Å². The number of H-pyrrole nitrogens is 1. The predicted molar refractivity (Wildman–Crippen MR) is 85.8 cm³/mol. The maximum absolute atomic E-state index is 5.70.